The van der Waals surface area contributed by atoms with Gasteiger partial charge in [-0.3, -0.25) is 14.8 Å². The number of benzene rings is 1. The van der Waals surface area contributed by atoms with Gasteiger partial charge in [-0.1, -0.05) is 11.6 Å². The van der Waals surface area contributed by atoms with Gasteiger partial charge in [0.25, 0.3) is 15.7 Å². The van der Waals surface area contributed by atoms with Crippen molar-refractivity contribution in [3.63, 3.8) is 0 Å². The second-order valence-electron chi connectivity index (χ2n) is 3.87. The van der Waals surface area contributed by atoms with Crippen LogP contribution in [0.3, 0.4) is 0 Å². The number of hydrogen-bond acceptors (Lipinski definition) is 5. The fourth-order valence-corrected chi connectivity index (χ4v) is 2.80. The molecular formula is C11H7ClFN3O4S. The summed E-state index contributed by atoms with van der Waals surface area (Å²) in [5, 5.41) is 10.6. The van der Waals surface area contributed by atoms with Crippen LogP contribution in [-0.2, 0) is 10.0 Å². The molecule has 0 bridgehead atoms. The van der Waals surface area contributed by atoms with Crippen molar-refractivity contribution >= 4 is 33.0 Å². The van der Waals surface area contributed by atoms with E-state index >= 15 is 0 Å². The summed E-state index contributed by atoms with van der Waals surface area (Å²) in [7, 11) is -4.06. The van der Waals surface area contributed by atoms with Gasteiger partial charge in [0.1, 0.15) is 11.0 Å². The summed E-state index contributed by atoms with van der Waals surface area (Å²) in [5.74, 6) is -0.935. The van der Waals surface area contributed by atoms with Crippen LogP contribution in [0.1, 0.15) is 0 Å². The Morgan fingerprint density at radius 3 is 2.62 bits per heavy atom. The van der Waals surface area contributed by atoms with Crippen molar-refractivity contribution in [1.82, 2.24) is 4.98 Å². The fraction of sp³-hybridized carbons (Fsp3) is 0. The summed E-state index contributed by atoms with van der Waals surface area (Å²) >= 11 is 5.59. The molecule has 0 saturated heterocycles. The third-order valence-electron chi connectivity index (χ3n) is 2.35. The molecule has 1 N–H and O–H groups in total. The third kappa shape index (κ3) is 3.64. The average Bonchev–Trinajstić information content (AvgIpc) is 2.37. The van der Waals surface area contributed by atoms with Crippen molar-refractivity contribution in [1.29, 1.82) is 0 Å². The number of non-ortho nitro benzene ring substituents is 1. The first-order valence-corrected chi connectivity index (χ1v) is 7.23. The summed E-state index contributed by atoms with van der Waals surface area (Å²) in [6.07, 6.45) is 1.19. The number of anilines is 1. The molecule has 0 spiro atoms. The zero-order chi connectivity index (χ0) is 15.6. The minimum Gasteiger partial charge on any atom is -0.279 e. The SMILES string of the molecule is O=[N+]([O-])c1cc(F)cc(NS(=O)(=O)c2ccnc(Cl)c2)c1. The first kappa shape index (κ1) is 15.1. The van der Waals surface area contributed by atoms with E-state index in [1.807, 2.05) is 4.72 Å². The number of nitro benzene ring substituents is 1. The number of nitrogens with zero attached hydrogens (tertiary/aromatic N) is 2. The molecular weight excluding hydrogens is 325 g/mol. The van der Waals surface area contributed by atoms with Crippen LogP contribution in [0.4, 0.5) is 15.8 Å². The van der Waals surface area contributed by atoms with Gasteiger partial charge in [-0.2, -0.15) is 0 Å². The van der Waals surface area contributed by atoms with E-state index in [1.165, 1.54) is 12.3 Å². The number of hydrogen-bond donors (Lipinski definition) is 1. The number of rotatable bonds is 4. The highest BCUT2D eigenvalue weighted by Gasteiger charge is 2.17. The lowest BCUT2D eigenvalue weighted by Crippen LogP contribution is -2.13. The molecule has 0 amide bonds. The Kier molecular flexibility index (Phi) is 4.05. The van der Waals surface area contributed by atoms with Crippen molar-refractivity contribution in [2.45, 2.75) is 4.90 Å². The van der Waals surface area contributed by atoms with Crippen LogP contribution in [0, 0.1) is 15.9 Å². The topological polar surface area (TPSA) is 102 Å². The second kappa shape index (κ2) is 5.62. The van der Waals surface area contributed by atoms with Gasteiger partial charge in [0.05, 0.1) is 21.6 Å². The number of aromatic nitrogens is 1. The van der Waals surface area contributed by atoms with Crippen LogP contribution in [-0.4, -0.2) is 18.3 Å². The predicted octanol–water partition coefficient (Wildman–Crippen LogP) is 2.58. The number of sulfonamides is 1. The van der Waals surface area contributed by atoms with Crippen LogP contribution < -0.4 is 4.72 Å². The molecule has 0 aliphatic rings. The number of halogens is 2. The fourth-order valence-electron chi connectivity index (χ4n) is 1.50. The van der Waals surface area contributed by atoms with Crippen molar-refractivity contribution in [2.24, 2.45) is 0 Å². The first-order valence-electron chi connectivity index (χ1n) is 5.37. The molecule has 0 aliphatic heterocycles. The van der Waals surface area contributed by atoms with Gasteiger partial charge in [0, 0.05) is 12.3 Å². The van der Waals surface area contributed by atoms with Gasteiger partial charge in [0.15, 0.2) is 0 Å². The van der Waals surface area contributed by atoms with E-state index in [0.717, 1.165) is 18.2 Å². The molecule has 10 heteroatoms. The molecule has 7 nitrogen and oxygen atoms in total. The lowest BCUT2D eigenvalue weighted by molar-refractivity contribution is -0.385. The van der Waals surface area contributed by atoms with E-state index in [-0.39, 0.29) is 15.7 Å². The molecule has 1 heterocycles. The number of nitro groups is 1. The van der Waals surface area contributed by atoms with Gasteiger partial charge in [-0.25, -0.2) is 17.8 Å². The second-order valence-corrected chi connectivity index (χ2v) is 5.94. The minimum atomic E-state index is -4.06. The van der Waals surface area contributed by atoms with E-state index in [2.05, 4.69) is 4.98 Å². The van der Waals surface area contributed by atoms with Gasteiger partial charge in [-0.05, 0) is 18.2 Å². The molecule has 0 atom stereocenters. The monoisotopic (exact) mass is 331 g/mol. The maximum absolute atomic E-state index is 13.3. The highest BCUT2D eigenvalue weighted by molar-refractivity contribution is 7.92. The largest absolute Gasteiger partial charge is 0.279 e. The van der Waals surface area contributed by atoms with Crippen LogP contribution in [0.5, 0.6) is 0 Å². The zero-order valence-electron chi connectivity index (χ0n) is 10.2. The lowest BCUT2D eigenvalue weighted by Gasteiger charge is -2.08. The zero-order valence-corrected chi connectivity index (χ0v) is 11.7. The highest BCUT2D eigenvalue weighted by atomic mass is 35.5. The maximum atomic E-state index is 13.3. The standard InChI is InChI=1S/C11H7ClFN3O4S/c12-11-6-10(1-2-14-11)21(19,20)15-8-3-7(13)4-9(5-8)16(17)18/h1-6,15H. The Hall–Kier alpha value is -2.26. The molecule has 0 radical (unpaired) electrons. The third-order valence-corrected chi connectivity index (χ3v) is 3.94. The Bertz CT molecular complexity index is 813. The Labute approximate surface area is 123 Å². The molecule has 2 rings (SSSR count). The van der Waals surface area contributed by atoms with E-state index < -0.39 is 26.5 Å². The van der Waals surface area contributed by atoms with Crippen molar-refractivity contribution in [3.05, 3.63) is 57.6 Å². The summed E-state index contributed by atoms with van der Waals surface area (Å²) in [5.41, 5.74) is -0.838. The Morgan fingerprint density at radius 2 is 2.00 bits per heavy atom. The maximum Gasteiger partial charge on any atom is 0.274 e. The van der Waals surface area contributed by atoms with Crippen LogP contribution in [0.15, 0.2) is 41.4 Å². The van der Waals surface area contributed by atoms with Gasteiger partial charge in [0.2, 0.25) is 0 Å². The summed E-state index contributed by atoms with van der Waals surface area (Å²) in [6, 6.07) is 4.69. The van der Waals surface area contributed by atoms with Crippen LogP contribution in [0.25, 0.3) is 0 Å². The van der Waals surface area contributed by atoms with Crippen molar-refractivity contribution in [3.8, 4) is 0 Å². The molecule has 0 aliphatic carbocycles. The van der Waals surface area contributed by atoms with Gasteiger partial charge >= 0.3 is 0 Å². The van der Waals surface area contributed by atoms with Crippen molar-refractivity contribution in [2.75, 3.05) is 4.72 Å². The molecule has 21 heavy (non-hydrogen) atoms. The summed E-state index contributed by atoms with van der Waals surface area (Å²) in [6.45, 7) is 0. The van der Waals surface area contributed by atoms with Gasteiger partial charge < -0.3 is 0 Å². The quantitative estimate of drug-likeness (QED) is 0.527. The van der Waals surface area contributed by atoms with Crippen LogP contribution in [0.2, 0.25) is 5.15 Å². The smallest absolute Gasteiger partial charge is 0.274 e. The van der Waals surface area contributed by atoms with Crippen molar-refractivity contribution < 1.29 is 17.7 Å². The minimum absolute atomic E-state index is 0.0388. The highest BCUT2D eigenvalue weighted by Crippen LogP contribution is 2.23. The molecule has 2 aromatic rings. The van der Waals surface area contributed by atoms with Crippen LogP contribution >= 0.6 is 11.6 Å². The number of nitrogens with one attached hydrogen (secondary N) is 1. The Morgan fingerprint density at radius 1 is 1.29 bits per heavy atom. The van der Waals surface area contributed by atoms with E-state index in [9.17, 15) is 22.9 Å². The lowest BCUT2D eigenvalue weighted by atomic mass is 10.3. The molecule has 0 unspecified atom stereocenters. The normalized spacial score (nSPS) is 11.1. The van der Waals surface area contributed by atoms with E-state index in [4.69, 9.17) is 11.6 Å². The molecule has 0 saturated carbocycles. The van der Waals surface area contributed by atoms with E-state index in [0.29, 0.717) is 6.07 Å². The number of pyridine rings is 1. The van der Waals surface area contributed by atoms with Gasteiger partial charge in [-0.15, -0.1) is 0 Å². The molecule has 1 aromatic heterocycles. The summed E-state index contributed by atoms with van der Waals surface area (Å²) in [4.78, 5) is 13.2. The van der Waals surface area contributed by atoms with E-state index in [1.54, 1.807) is 0 Å². The Balaban J connectivity index is 2.39. The molecule has 110 valence electrons. The first-order chi connectivity index (χ1) is 9.78. The predicted molar refractivity (Wildman–Crippen MR) is 73.1 cm³/mol. The average molecular weight is 332 g/mol. The summed E-state index contributed by atoms with van der Waals surface area (Å²) < 4.78 is 39.4. The molecule has 0 fully saturated rings. The molecule has 1 aromatic carbocycles.